The highest BCUT2D eigenvalue weighted by Gasteiger charge is 2.23. The molecule has 3 rings (SSSR count). The maximum absolute atomic E-state index is 12.5. The van der Waals surface area contributed by atoms with Crippen molar-refractivity contribution < 1.29 is 9.53 Å². The molecule has 1 aromatic rings. The van der Waals surface area contributed by atoms with E-state index in [1.54, 1.807) is 0 Å². The Morgan fingerprint density at radius 3 is 2.65 bits per heavy atom. The van der Waals surface area contributed by atoms with Crippen LogP contribution in [0.3, 0.4) is 0 Å². The summed E-state index contributed by atoms with van der Waals surface area (Å²) >= 11 is 0. The van der Waals surface area contributed by atoms with Gasteiger partial charge in [-0.2, -0.15) is 0 Å². The predicted octanol–water partition coefficient (Wildman–Crippen LogP) is 0.433. The van der Waals surface area contributed by atoms with E-state index in [0.717, 1.165) is 43.9 Å². The van der Waals surface area contributed by atoms with Gasteiger partial charge in [-0.3, -0.25) is 9.69 Å². The normalized spacial score (nSPS) is 19.1. The van der Waals surface area contributed by atoms with Gasteiger partial charge in [-0.05, 0) is 23.3 Å². The maximum Gasteiger partial charge on any atom is 0.253 e. The number of ether oxygens (including phenoxy) is 1. The summed E-state index contributed by atoms with van der Waals surface area (Å²) in [6.45, 7) is 6.28. The molecule has 0 atom stereocenters. The van der Waals surface area contributed by atoms with E-state index in [-0.39, 0.29) is 5.91 Å². The lowest BCUT2D eigenvalue weighted by Crippen LogP contribution is -2.49. The molecule has 0 unspecified atom stereocenters. The van der Waals surface area contributed by atoms with Crippen LogP contribution >= 0.6 is 0 Å². The molecule has 2 aliphatic rings. The molecule has 0 aliphatic carbocycles. The first kappa shape index (κ1) is 13.5. The van der Waals surface area contributed by atoms with Crippen LogP contribution in [0, 0.1) is 0 Å². The topological polar surface area (TPSA) is 58.8 Å². The molecule has 20 heavy (non-hydrogen) atoms. The summed E-state index contributed by atoms with van der Waals surface area (Å²) in [6.07, 6.45) is 0. The zero-order valence-corrected chi connectivity index (χ0v) is 11.7. The molecule has 0 radical (unpaired) electrons. The van der Waals surface area contributed by atoms with Gasteiger partial charge in [-0.15, -0.1) is 0 Å². The van der Waals surface area contributed by atoms with Gasteiger partial charge in [-0.1, -0.05) is 6.07 Å². The summed E-state index contributed by atoms with van der Waals surface area (Å²) in [5.41, 5.74) is 8.70. The molecule has 1 saturated heterocycles. The van der Waals surface area contributed by atoms with Crippen LogP contribution in [-0.4, -0.2) is 55.0 Å². The number of hydrogen-bond acceptors (Lipinski definition) is 4. The molecule has 108 valence electrons. The van der Waals surface area contributed by atoms with Crippen LogP contribution < -0.4 is 5.73 Å². The van der Waals surface area contributed by atoms with E-state index in [0.29, 0.717) is 19.8 Å². The first-order chi connectivity index (χ1) is 9.78. The van der Waals surface area contributed by atoms with Crippen molar-refractivity contribution in [3.8, 4) is 0 Å². The fraction of sp³-hybridized carbons (Fsp3) is 0.533. The molecule has 1 amide bonds. The number of carbonyl (C=O) groups excluding carboxylic acids is 1. The quantitative estimate of drug-likeness (QED) is 0.869. The minimum atomic E-state index is 0.132. The number of piperazine rings is 1. The van der Waals surface area contributed by atoms with Crippen molar-refractivity contribution in [2.24, 2.45) is 5.73 Å². The average molecular weight is 275 g/mol. The Morgan fingerprint density at radius 2 is 1.90 bits per heavy atom. The van der Waals surface area contributed by atoms with Gasteiger partial charge in [0, 0.05) is 44.8 Å². The highest BCUT2D eigenvalue weighted by Crippen LogP contribution is 2.21. The Labute approximate surface area is 119 Å². The van der Waals surface area contributed by atoms with E-state index in [4.69, 9.17) is 10.5 Å². The van der Waals surface area contributed by atoms with E-state index < -0.39 is 0 Å². The standard InChI is InChI=1S/C15H21N3O2/c16-3-4-17-5-7-18(8-6-17)15(19)12-1-2-13-10-20-11-14(13)9-12/h1-2,9H,3-8,10-11,16H2. The van der Waals surface area contributed by atoms with Gasteiger partial charge in [0.25, 0.3) is 5.91 Å². The third kappa shape index (κ3) is 2.70. The average Bonchev–Trinajstić information content (AvgIpc) is 2.95. The van der Waals surface area contributed by atoms with Crippen molar-refractivity contribution >= 4 is 5.91 Å². The van der Waals surface area contributed by atoms with Crippen molar-refractivity contribution in [3.63, 3.8) is 0 Å². The number of nitrogens with zero attached hydrogens (tertiary/aromatic N) is 2. The molecule has 0 aromatic heterocycles. The summed E-state index contributed by atoms with van der Waals surface area (Å²) in [7, 11) is 0. The van der Waals surface area contributed by atoms with Crippen molar-refractivity contribution in [3.05, 3.63) is 34.9 Å². The van der Waals surface area contributed by atoms with Gasteiger partial charge >= 0.3 is 0 Å². The molecule has 2 aliphatic heterocycles. The highest BCUT2D eigenvalue weighted by molar-refractivity contribution is 5.94. The lowest BCUT2D eigenvalue weighted by Gasteiger charge is -2.34. The number of hydrogen-bond donors (Lipinski definition) is 1. The minimum absolute atomic E-state index is 0.132. The summed E-state index contributed by atoms with van der Waals surface area (Å²) in [6, 6.07) is 5.92. The van der Waals surface area contributed by atoms with Crippen LogP contribution in [0.15, 0.2) is 18.2 Å². The van der Waals surface area contributed by atoms with E-state index in [1.165, 1.54) is 5.56 Å². The zero-order valence-electron chi connectivity index (χ0n) is 11.7. The van der Waals surface area contributed by atoms with Gasteiger partial charge in [0.05, 0.1) is 13.2 Å². The van der Waals surface area contributed by atoms with Crippen LogP contribution in [0.4, 0.5) is 0 Å². The van der Waals surface area contributed by atoms with E-state index in [2.05, 4.69) is 4.90 Å². The second-order valence-corrected chi connectivity index (χ2v) is 5.40. The molecule has 5 heteroatoms. The van der Waals surface area contributed by atoms with Gasteiger partial charge in [0.2, 0.25) is 0 Å². The molecule has 1 fully saturated rings. The SMILES string of the molecule is NCCN1CCN(C(=O)c2ccc3c(c2)COC3)CC1. The monoisotopic (exact) mass is 275 g/mol. The number of carbonyl (C=O) groups is 1. The summed E-state index contributed by atoms with van der Waals surface area (Å²) in [5, 5.41) is 0. The van der Waals surface area contributed by atoms with Crippen molar-refractivity contribution in [1.82, 2.24) is 9.80 Å². The lowest BCUT2D eigenvalue weighted by atomic mass is 10.1. The van der Waals surface area contributed by atoms with Crippen molar-refractivity contribution in [1.29, 1.82) is 0 Å². The van der Waals surface area contributed by atoms with E-state index >= 15 is 0 Å². The Hall–Kier alpha value is -1.43. The predicted molar refractivity (Wildman–Crippen MR) is 76.3 cm³/mol. The zero-order chi connectivity index (χ0) is 13.9. The third-order valence-corrected chi connectivity index (χ3v) is 4.07. The molecule has 0 saturated carbocycles. The smallest absolute Gasteiger partial charge is 0.253 e. The van der Waals surface area contributed by atoms with Crippen molar-refractivity contribution in [2.75, 3.05) is 39.3 Å². The second kappa shape index (κ2) is 5.91. The molecule has 0 bridgehead atoms. The Balaban J connectivity index is 1.65. The van der Waals surface area contributed by atoms with Gasteiger partial charge in [0.1, 0.15) is 0 Å². The first-order valence-corrected chi connectivity index (χ1v) is 7.19. The Kier molecular flexibility index (Phi) is 4.00. The lowest BCUT2D eigenvalue weighted by molar-refractivity contribution is 0.0641. The number of amides is 1. The first-order valence-electron chi connectivity index (χ1n) is 7.19. The molecule has 2 heterocycles. The van der Waals surface area contributed by atoms with Crippen LogP contribution in [0.5, 0.6) is 0 Å². The van der Waals surface area contributed by atoms with Gasteiger partial charge < -0.3 is 15.4 Å². The maximum atomic E-state index is 12.5. The molecule has 0 spiro atoms. The Morgan fingerprint density at radius 1 is 1.15 bits per heavy atom. The second-order valence-electron chi connectivity index (χ2n) is 5.40. The molecule has 2 N–H and O–H groups in total. The Bertz CT molecular complexity index is 496. The largest absolute Gasteiger partial charge is 0.372 e. The van der Waals surface area contributed by atoms with Crippen molar-refractivity contribution in [2.45, 2.75) is 13.2 Å². The van der Waals surface area contributed by atoms with E-state index in [1.807, 2.05) is 23.1 Å². The van der Waals surface area contributed by atoms with E-state index in [9.17, 15) is 4.79 Å². The highest BCUT2D eigenvalue weighted by atomic mass is 16.5. The fourth-order valence-electron chi connectivity index (χ4n) is 2.84. The number of rotatable bonds is 3. The molecular weight excluding hydrogens is 254 g/mol. The van der Waals surface area contributed by atoms with Gasteiger partial charge in [-0.25, -0.2) is 0 Å². The van der Waals surface area contributed by atoms with Crippen LogP contribution in [0.1, 0.15) is 21.5 Å². The molecular formula is C15H21N3O2. The van der Waals surface area contributed by atoms with Crippen LogP contribution in [0.2, 0.25) is 0 Å². The number of nitrogens with two attached hydrogens (primary N) is 1. The number of fused-ring (bicyclic) bond motifs is 1. The van der Waals surface area contributed by atoms with Crippen LogP contribution in [-0.2, 0) is 18.0 Å². The molecule has 5 nitrogen and oxygen atoms in total. The van der Waals surface area contributed by atoms with Crippen LogP contribution in [0.25, 0.3) is 0 Å². The molecule has 1 aromatic carbocycles. The minimum Gasteiger partial charge on any atom is -0.372 e. The number of benzene rings is 1. The van der Waals surface area contributed by atoms with Gasteiger partial charge in [0.15, 0.2) is 0 Å². The summed E-state index contributed by atoms with van der Waals surface area (Å²) in [4.78, 5) is 16.7. The fourth-order valence-corrected chi connectivity index (χ4v) is 2.84. The summed E-state index contributed by atoms with van der Waals surface area (Å²) < 4.78 is 5.39. The summed E-state index contributed by atoms with van der Waals surface area (Å²) in [5.74, 6) is 0.132. The third-order valence-electron chi connectivity index (χ3n) is 4.07.